The number of carbonyl (C=O) groups is 2. The summed E-state index contributed by atoms with van der Waals surface area (Å²) in [6, 6.07) is 31.7. The third kappa shape index (κ3) is 7.03. The summed E-state index contributed by atoms with van der Waals surface area (Å²) < 4.78 is 23.1. The molecule has 0 saturated carbocycles. The lowest BCUT2D eigenvalue weighted by molar-refractivity contribution is 0.0604. The number of piperidine rings is 6. The molecule has 2 amide bonds. The van der Waals surface area contributed by atoms with Gasteiger partial charge in [-0.2, -0.15) is 0 Å². The highest BCUT2D eigenvalue weighted by molar-refractivity contribution is 6.02. The van der Waals surface area contributed by atoms with Crippen molar-refractivity contribution in [2.24, 2.45) is 11.8 Å². The maximum Gasteiger partial charge on any atom is 0.287 e. The Bertz CT molecular complexity index is 2200. The lowest BCUT2D eigenvalue weighted by Gasteiger charge is -2.44. The van der Waals surface area contributed by atoms with Crippen LogP contribution in [0.5, 0.6) is 11.5 Å². The van der Waals surface area contributed by atoms with E-state index in [4.69, 9.17) is 18.3 Å². The Morgan fingerprint density at radius 1 is 0.554 bits per heavy atom. The van der Waals surface area contributed by atoms with Gasteiger partial charge in [-0.15, -0.1) is 0 Å². The van der Waals surface area contributed by atoms with Crippen molar-refractivity contribution in [2.75, 3.05) is 53.5 Å². The van der Waals surface area contributed by atoms with Gasteiger partial charge in [-0.1, -0.05) is 72.8 Å². The van der Waals surface area contributed by atoms with Crippen LogP contribution in [0.15, 0.2) is 106 Å². The molecular weight excluding hydrogens is 705 g/mol. The number of amides is 2. The second-order valence-electron chi connectivity index (χ2n) is 15.5. The first-order valence-electron chi connectivity index (χ1n) is 19.8. The van der Waals surface area contributed by atoms with Crippen molar-refractivity contribution in [1.29, 1.82) is 0 Å². The minimum Gasteiger partial charge on any atom is -0.496 e. The Kier molecular flexibility index (Phi) is 10.00. The fraction of sp³-hybridized carbons (Fsp3) is 0.348. The topological polar surface area (TPSA) is 109 Å². The molecule has 288 valence electrons. The second kappa shape index (κ2) is 15.5. The molecule has 6 aliphatic rings. The van der Waals surface area contributed by atoms with Gasteiger partial charge < -0.3 is 38.7 Å². The first-order valence-corrected chi connectivity index (χ1v) is 19.8. The molecule has 4 aromatic carbocycles. The van der Waals surface area contributed by atoms with E-state index in [0.29, 0.717) is 34.5 Å². The van der Waals surface area contributed by atoms with Gasteiger partial charge in [0.05, 0.1) is 14.2 Å². The highest BCUT2D eigenvalue weighted by Gasteiger charge is 2.36. The van der Waals surface area contributed by atoms with Crippen molar-refractivity contribution in [3.63, 3.8) is 0 Å². The Morgan fingerprint density at radius 3 is 1.32 bits per heavy atom. The zero-order valence-corrected chi connectivity index (χ0v) is 32.0. The van der Waals surface area contributed by atoms with E-state index in [0.717, 1.165) is 83.8 Å². The minimum absolute atomic E-state index is 0.124. The van der Waals surface area contributed by atoms with E-state index in [1.807, 2.05) is 97.1 Å². The van der Waals surface area contributed by atoms with Crippen molar-refractivity contribution in [1.82, 2.24) is 20.4 Å². The third-order valence-corrected chi connectivity index (χ3v) is 12.3. The van der Waals surface area contributed by atoms with E-state index >= 15 is 0 Å². The average molecular weight is 753 g/mol. The standard InChI is InChI=1S/2C23H24N2O3/c2*1-27-20-8-3-2-6-17(20)18-7-4-5-16-13-21(28-22(16)18)23(26)24-19-14-25-11-9-15(19)10-12-25/h2*2-8,13,15,19H,9-12,14H2,1H3,(H,24,26)/t2*19-/m00/s1. The Morgan fingerprint density at radius 2 is 0.946 bits per heavy atom. The van der Waals surface area contributed by atoms with Gasteiger partial charge in [0.25, 0.3) is 11.8 Å². The molecule has 2 atom stereocenters. The van der Waals surface area contributed by atoms with Gasteiger partial charge >= 0.3 is 0 Å². The van der Waals surface area contributed by atoms with Crippen LogP contribution in [0.25, 0.3) is 44.2 Å². The van der Waals surface area contributed by atoms with Crippen LogP contribution in [-0.2, 0) is 0 Å². The molecule has 6 saturated heterocycles. The average Bonchev–Trinajstić information content (AvgIpc) is 3.91. The second-order valence-corrected chi connectivity index (χ2v) is 15.5. The van der Waals surface area contributed by atoms with Gasteiger partial charge in [0.2, 0.25) is 0 Å². The normalized spacial score (nSPS) is 23.7. The minimum atomic E-state index is -0.124. The summed E-state index contributed by atoms with van der Waals surface area (Å²) >= 11 is 0. The highest BCUT2D eigenvalue weighted by atomic mass is 16.5. The first kappa shape index (κ1) is 36.1. The molecule has 2 aromatic heterocycles. The number of nitrogens with one attached hydrogen (secondary N) is 2. The first-order chi connectivity index (χ1) is 27.4. The highest BCUT2D eigenvalue weighted by Crippen LogP contribution is 2.38. The van der Waals surface area contributed by atoms with Crippen LogP contribution < -0.4 is 20.1 Å². The molecule has 10 heteroatoms. The smallest absolute Gasteiger partial charge is 0.287 e. The monoisotopic (exact) mass is 752 g/mol. The molecule has 6 fully saturated rings. The zero-order valence-electron chi connectivity index (χ0n) is 32.0. The number of para-hydroxylation sites is 4. The number of hydrogen-bond donors (Lipinski definition) is 2. The number of carbonyl (C=O) groups excluding carboxylic acids is 2. The van der Waals surface area contributed by atoms with Gasteiger partial charge in [-0.05, 0) is 88.0 Å². The Balaban J connectivity index is 0.000000146. The van der Waals surface area contributed by atoms with Crippen LogP contribution in [0.4, 0.5) is 0 Å². The van der Waals surface area contributed by atoms with Crippen LogP contribution in [0.2, 0.25) is 0 Å². The lowest BCUT2D eigenvalue weighted by Crippen LogP contribution is -2.57. The molecule has 6 aliphatic heterocycles. The molecule has 4 bridgehead atoms. The summed E-state index contributed by atoms with van der Waals surface area (Å²) in [7, 11) is 3.32. The largest absolute Gasteiger partial charge is 0.496 e. The summed E-state index contributed by atoms with van der Waals surface area (Å²) in [5.74, 6) is 3.23. The van der Waals surface area contributed by atoms with Crippen LogP contribution in [-0.4, -0.2) is 87.2 Å². The van der Waals surface area contributed by atoms with Crippen LogP contribution in [0.1, 0.15) is 46.8 Å². The lowest BCUT2D eigenvalue weighted by atomic mass is 9.84. The maximum absolute atomic E-state index is 12.9. The summed E-state index contributed by atoms with van der Waals surface area (Å²) in [4.78, 5) is 30.6. The fourth-order valence-corrected chi connectivity index (χ4v) is 9.24. The number of furan rings is 2. The number of rotatable bonds is 8. The predicted molar refractivity (Wildman–Crippen MR) is 217 cm³/mol. The van der Waals surface area contributed by atoms with Gasteiger partial charge in [-0.25, -0.2) is 0 Å². The number of nitrogens with zero attached hydrogens (tertiary/aromatic N) is 2. The number of benzene rings is 4. The van der Waals surface area contributed by atoms with Crippen molar-refractivity contribution in [3.8, 4) is 33.8 Å². The van der Waals surface area contributed by atoms with Crippen LogP contribution >= 0.6 is 0 Å². The van der Waals surface area contributed by atoms with E-state index in [2.05, 4.69) is 20.4 Å². The predicted octanol–water partition coefficient (Wildman–Crippen LogP) is 7.86. The van der Waals surface area contributed by atoms with Crippen LogP contribution in [0, 0.1) is 11.8 Å². The van der Waals surface area contributed by atoms with Gasteiger partial charge in [0.15, 0.2) is 11.5 Å². The molecule has 8 heterocycles. The fourth-order valence-electron chi connectivity index (χ4n) is 9.24. The van der Waals surface area contributed by atoms with E-state index in [-0.39, 0.29) is 23.9 Å². The van der Waals surface area contributed by atoms with Crippen molar-refractivity contribution in [2.45, 2.75) is 37.8 Å². The SMILES string of the molecule is COc1ccccc1-c1cccc2cc(C(=O)N[C@H]3CN4CCC3CC4)oc12.COc1ccccc1-c1cccc2cc(C(=O)N[C@H]3CN4CCC3CC4)oc12. The molecular formula is C46H48N4O6. The van der Waals surface area contributed by atoms with Crippen molar-refractivity contribution >= 4 is 33.8 Å². The summed E-state index contributed by atoms with van der Waals surface area (Å²) in [6.07, 6.45) is 4.68. The number of ether oxygens (including phenoxy) is 2. The number of methoxy groups -OCH3 is 2. The van der Waals surface area contributed by atoms with Gasteiger partial charge in [0.1, 0.15) is 22.7 Å². The van der Waals surface area contributed by atoms with Gasteiger partial charge in [-0.3, -0.25) is 9.59 Å². The molecule has 12 rings (SSSR count). The molecule has 0 unspecified atom stereocenters. The summed E-state index contributed by atoms with van der Waals surface area (Å²) in [5, 5.41) is 8.26. The third-order valence-electron chi connectivity index (χ3n) is 12.3. The van der Waals surface area contributed by atoms with Crippen molar-refractivity contribution < 1.29 is 27.9 Å². The van der Waals surface area contributed by atoms with E-state index in [9.17, 15) is 9.59 Å². The summed E-state index contributed by atoms with van der Waals surface area (Å²) in [6.45, 7) is 6.52. The van der Waals surface area contributed by atoms with E-state index in [1.54, 1.807) is 14.2 Å². The Labute approximate surface area is 326 Å². The molecule has 0 radical (unpaired) electrons. The van der Waals surface area contributed by atoms with Crippen LogP contribution in [0.3, 0.4) is 0 Å². The van der Waals surface area contributed by atoms with Gasteiger partial charge in [0, 0.05) is 58.2 Å². The zero-order chi connectivity index (χ0) is 38.2. The number of fused-ring (bicyclic) bond motifs is 8. The molecule has 2 N–H and O–H groups in total. The molecule has 0 spiro atoms. The molecule has 0 aliphatic carbocycles. The maximum atomic E-state index is 12.9. The quantitative estimate of drug-likeness (QED) is 0.162. The Hall–Kier alpha value is -5.58. The van der Waals surface area contributed by atoms with Crippen molar-refractivity contribution in [3.05, 3.63) is 109 Å². The summed E-state index contributed by atoms with van der Waals surface area (Å²) in [5.41, 5.74) is 5.19. The molecule has 10 nitrogen and oxygen atoms in total. The molecule has 56 heavy (non-hydrogen) atoms. The van der Waals surface area contributed by atoms with E-state index < -0.39 is 0 Å². The number of hydrogen-bond acceptors (Lipinski definition) is 8. The van der Waals surface area contributed by atoms with E-state index in [1.165, 1.54) is 25.7 Å². The molecule has 6 aromatic rings.